The molecule has 5 rings (SSSR count). The second-order valence-electron chi connectivity index (χ2n) is 8.08. The molecule has 1 amide bonds. The van der Waals surface area contributed by atoms with E-state index in [2.05, 4.69) is 44.8 Å². The average Bonchev–Trinajstić information content (AvgIpc) is 3.14. The summed E-state index contributed by atoms with van der Waals surface area (Å²) in [5.41, 5.74) is 3.95. The number of morpholine rings is 1. The Labute approximate surface area is 197 Å². The van der Waals surface area contributed by atoms with Gasteiger partial charge < -0.3 is 29.6 Å². The molecule has 34 heavy (non-hydrogen) atoms. The number of aryl methyl sites for hydroxylation is 1. The van der Waals surface area contributed by atoms with Crippen molar-refractivity contribution in [3.8, 4) is 11.5 Å². The van der Waals surface area contributed by atoms with Crippen LogP contribution in [0.25, 0.3) is 11.0 Å². The maximum absolute atomic E-state index is 11.3. The number of carbonyl (C=O) groups is 1. The third-order valence-corrected chi connectivity index (χ3v) is 5.62. The quantitative estimate of drug-likeness (QED) is 0.445. The van der Waals surface area contributed by atoms with Gasteiger partial charge >= 0.3 is 0 Å². The van der Waals surface area contributed by atoms with E-state index in [-0.39, 0.29) is 5.91 Å². The van der Waals surface area contributed by atoms with E-state index in [4.69, 9.17) is 14.5 Å². The van der Waals surface area contributed by atoms with Crippen molar-refractivity contribution in [2.45, 2.75) is 6.92 Å². The molecule has 0 radical (unpaired) electrons. The molecule has 2 aromatic heterocycles. The second kappa shape index (κ2) is 9.40. The third-order valence-electron chi connectivity index (χ3n) is 5.62. The predicted octanol–water partition coefficient (Wildman–Crippen LogP) is 4.30. The van der Waals surface area contributed by atoms with Crippen molar-refractivity contribution in [2.24, 2.45) is 7.05 Å². The molecule has 0 spiro atoms. The fraction of sp³-hybridized carbons (Fsp3) is 0.240. The Kier molecular flexibility index (Phi) is 6.01. The van der Waals surface area contributed by atoms with Crippen LogP contribution in [0.5, 0.6) is 11.5 Å². The molecule has 174 valence electrons. The highest BCUT2D eigenvalue weighted by Crippen LogP contribution is 2.29. The van der Waals surface area contributed by atoms with E-state index in [1.54, 1.807) is 18.3 Å². The lowest BCUT2D eigenvalue weighted by atomic mass is 10.2. The third kappa shape index (κ3) is 4.79. The number of ether oxygens (including phenoxy) is 2. The molecule has 0 unspecified atom stereocenters. The number of nitrogens with zero attached hydrogens (tertiary/aromatic N) is 4. The molecule has 0 aliphatic carbocycles. The van der Waals surface area contributed by atoms with Crippen LogP contribution >= 0.6 is 0 Å². The lowest BCUT2D eigenvalue weighted by Crippen LogP contribution is -2.36. The first-order valence-electron chi connectivity index (χ1n) is 11.1. The molecule has 1 fully saturated rings. The molecule has 0 bridgehead atoms. The highest BCUT2D eigenvalue weighted by atomic mass is 16.5. The van der Waals surface area contributed by atoms with Gasteiger partial charge in [0.05, 0.1) is 24.2 Å². The first kappa shape index (κ1) is 21.7. The second-order valence-corrected chi connectivity index (χ2v) is 8.08. The van der Waals surface area contributed by atoms with Crippen LogP contribution in [0.15, 0.2) is 60.8 Å². The van der Waals surface area contributed by atoms with Crippen molar-refractivity contribution in [2.75, 3.05) is 41.8 Å². The maximum Gasteiger partial charge on any atom is 0.222 e. The van der Waals surface area contributed by atoms with Crippen molar-refractivity contribution >= 4 is 40.1 Å². The summed E-state index contributed by atoms with van der Waals surface area (Å²) >= 11 is 0. The molecule has 4 aromatic rings. The van der Waals surface area contributed by atoms with Crippen molar-refractivity contribution in [3.05, 3.63) is 60.8 Å². The Balaban J connectivity index is 1.32. The van der Waals surface area contributed by atoms with Crippen LogP contribution in [0.4, 0.5) is 23.1 Å². The monoisotopic (exact) mass is 458 g/mol. The fourth-order valence-corrected chi connectivity index (χ4v) is 3.92. The first-order valence-corrected chi connectivity index (χ1v) is 11.1. The Morgan fingerprint density at radius 1 is 1.03 bits per heavy atom. The number of nitrogens with one attached hydrogen (secondary N) is 2. The average molecular weight is 459 g/mol. The van der Waals surface area contributed by atoms with Crippen LogP contribution < -0.4 is 20.3 Å². The molecule has 2 aromatic carbocycles. The number of anilines is 4. The summed E-state index contributed by atoms with van der Waals surface area (Å²) in [6.45, 7) is 4.80. The number of pyridine rings is 1. The SMILES string of the molecule is CC(=O)Nc1cc(Oc2ccc3c(c2)nc(Nc2ccc(N4CCOCC4)cc2)n3C)ccn1. The summed E-state index contributed by atoms with van der Waals surface area (Å²) in [5, 5.41) is 6.06. The van der Waals surface area contributed by atoms with Gasteiger partial charge in [0, 0.05) is 56.8 Å². The van der Waals surface area contributed by atoms with Gasteiger partial charge in [-0.3, -0.25) is 4.79 Å². The predicted molar refractivity (Wildman–Crippen MR) is 132 cm³/mol. The van der Waals surface area contributed by atoms with Gasteiger partial charge in [-0.25, -0.2) is 9.97 Å². The highest BCUT2D eigenvalue weighted by molar-refractivity contribution is 5.87. The van der Waals surface area contributed by atoms with E-state index in [1.807, 2.05) is 29.8 Å². The normalized spacial score (nSPS) is 13.6. The fourth-order valence-electron chi connectivity index (χ4n) is 3.92. The van der Waals surface area contributed by atoms with E-state index in [9.17, 15) is 4.79 Å². The van der Waals surface area contributed by atoms with Crippen LogP contribution in [-0.4, -0.2) is 46.7 Å². The lowest BCUT2D eigenvalue weighted by Gasteiger charge is -2.28. The van der Waals surface area contributed by atoms with Crippen molar-refractivity contribution in [1.29, 1.82) is 0 Å². The van der Waals surface area contributed by atoms with Gasteiger partial charge in [-0.1, -0.05) is 0 Å². The zero-order valence-corrected chi connectivity index (χ0v) is 19.1. The zero-order valence-electron chi connectivity index (χ0n) is 19.1. The molecule has 2 N–H and O–H groups in total. The van der Waals surface area contributed by atoms with Gasteiger partial charge in [0.1, 0.15) is 17.3 Å². The number of amides is 1. The molecule has 1 aliphatic heterocycles. The van der Waals surface area contributed by atoms with Gasteiger partial charge in [0.15, 0.2) is 0 Å². The zero-order chi connectivity index (χ0) is 23.5. The van der Waals surface area contributed by atoms with Crippen LogP contribution in [0.2, 0.25) is 0 Å². The van der Waals surface area contributed by atoms with Gasteiger partial charge in [-0.15, -0.1) is 0 Å². The van der Waals surface area contributed by atoms with Gasteiger partial charge in [-0.05, 0) is 42.5 Å². The summed E-state index contributed by atoms with van der Waals surface area (Å²) in [5.74, 6) is 2.22. The van der Waals surface area contributed by atoms with Crippen molar-refractivity contribution < 1.29 is 14.3 Å². The Hall–Kier alpha value is -4.11. The minimum absolute atomic E-state index is 0.185. The minimum atomic E-state index is -0.185. The summed E-state index contributed by atoms with van der Waals surface area (Å²) in [6, 6.07) is 17.5. The number of rotatable bonds is 6. The number of benzene rings is 2. The van der Waals surface area contributed by atoms with Gasteiger partial charge in [0.2, 0.25) is 11.9 Å². The summed E-state index contributed by atoms with van der Waals surface area (Å²) < 4.78 is 13.4. The van der Waals surface area contributed by atoms with E-state index in [0.29, 0.717) is 17.3 Å². The minimum Gasteiger partial charge on any atom is -0.457 e. The Morgan fingerprint density at radius 2 is 1.79 bits per heavy atom. The van der Waals surface area contributed by atoms with E-state index < -0.39 is 0 Å². The first-order chi connectivity index (χ1) is 16.5. The molecule has 0 saturated carbocycles. The molecule has 3 heterocycles. The number of hydrogen-bond donors (Lipinski definition) is 2. The van der Waals surface area contributed by atoms with Gasteiger partial charge in [-0.2, -0.15) is 0 Å². The number of aromatic nitrogens is 3. The van der Waals surface area contributed by atoms with E-state index in [1.165, 1.54) is 12.6 Å². The molecular weight excluding hydrogens is 432 g/mol. The standard InChI is InChI=1S/C25H26N6O3/c1-17(32)27-24-16-21(9-10-26-24)34-20-7-8-23-22(15-20)29-25(30(23)2)28-18-3-5-19(6-4-18)31-11-13-33-14-12-31/h3-10,15-16H,11-14H2,1-2H3,(H,28,29)(H,26,27,32). The van der Waals surface area contributed by atoms with E-state index in [0.717, 1.165) is 49.0 Å². The smallest absolute Gasteiger partial charge is 0.222 e. The van der Waals surface area contributed by atoms with Gasteiger partial charge in [0.25, 0.3) is 0 Å². The summed E-state index contributed by atoms with van der Waals surface area (Å²) in [7, 11) is 1.98. The number of hydrogen-bond acceptors (Lipinski definition) is 7. The number of carbonyl (C=O) groups excluding carboxylic acids is 1. The summed E-state index contributed by atoms with van der Waals surface area (Å²) in [6.07, 6.45) is 1.59. The summed E-state index contributed by atoms with van der Waals surface area (Å²) in [4.78, 5) is 22.5. The molecule has 9 heteroatoms. The number of imidazole rings is 1. The van der Waals surface area contributed by atoms with E-state index >= 15 is 0 Å². The van der Waals surface area contributed by atoms with Crippen molar-refractivity contribution in [3.63, 3.8) is 0 Å². The van der Waals surface area contributed by atoms with Crippen molar-refractivity contribution in [1.82, 2.24) is 14.5 Å². The molecular formula is C25H26N6O3. The van der Waals surface area contributed by atoms with Crippen LogP contribution in [-0.2, 0) is 16.6 Å². The molecule has 1 aliphatic rings. The van der Waals surface area contributed by atoms with Crippen LogP contribution in [0, 0.1) is 0 Å². The lowest BCUT2D eigenvalue weighted by molar-refractivity contribution is -0.114. The maximum atomic E-state index is 11.3. The molecule has 1 saturated heterocycles. The molecule has 0 atom stereocenters. The topological polar surface area (TPSA) is 93.5 Å². The van der Waals surface area contributed by atoms with Crippen LogP contribution in [0.3, 0.4) is 0 Å². The number of fused-ring (bicyclic) bond motifs is 1. The Morgan fingerprint density at radius 3 is 2.56 bits per heavy atom. The Bertz CT molecular complexity index is 1310. The molecule has 9 nitrogen and oxygen atoms in total. The largest absolute Gasteiger partial charge is 0.457 e. The highest BCUT2D eigenvalue weighted by Gasteiger charge is 2.13. The van der Waals surface area contributed by atoms with Crippen LogP contribution in [0.1, 0.15) is 6.92 Å².